The Bertz CT molecular complexity index is 322. The van der Waals surface area contributed by atoms with E-state index in [1.165, 1.54) is 0 Å². The van der Waals surface area contributed by atoms with Crippen LogP contribution in [0.2, 0.25) is 0 Å². The lowest BCUT2D eigenvalue weighted by Crippen LogP contribution is -2.15. The van der Waals surface area contributed by atoms with E-state index in [9.17, 15) is 4.79 Å². The molecule has 1 rings (SSSR count). The van der Waals surface area contributed by atoms with Crippen LogP contribution in [0.3, 0.4) is 0 Å². The number of nitrogens with zero attached hydrogens (tertiary/aromatic N) is 2. The SMILES string of the molecule is CC(C)n1cc(NC(=O)OCCO)cn1. The van der Waals surface area contributed by atoms with Crippen molar-refractivity contribution in [1.29, 1.82) is 0 Å². The summed E-state index contributed by atoms with van der Waals surface area (Å²) in [6.45, 7) is 3.78. The van der Waals surface area contributed by atoms with Crippen LogP contribution in [0.25, 0.3) is 0 Å². The molecule has 0 atom stereocenters. The summed E-state index contributed by atoms with van der Waals surface area (Å²) in [6, 6.07) is 0.244. The topological polar surface area (TPSA) is 76.4 Å². The summed E-state index contributed by atoms with van der Waals surface area (Å²) < 4.78 is 6.35. The summed E-state index contributed by atoms with van der Waals surface area (Å²) >= 11 is 0. The van der Waals surface area contributed by atoms with Gasteiger partial charge in [-0.2, -0.15) is 5.10 Å². The molecule has 15 heavy (non-hydrogen) atoms. The Balaban J connectivity index is 2.46. The number of hydrogen-bond acceptors (Lipinski definition) is 4. The summed E-state index contributed by atoms with van der Waals surface area (Å²) in [5.74, 6) is 0. The molecule has 6 nitrogen and oxygen atoms in total. The minimum atomic E-state index is -0.590. The van der Waals surface area contributed by atoms with Crippen LogP contribution in [-0.4, -0.2) is 34.2 Å². The number of carbonyl (C=O) groups is 1. The number of hydrogen-bond donors (Lipinski definition) is 2. The Hall–Kier alpha value is -1.56. The minimum absolute atomic E-state index is 0.00977. The molecule has 0 aliphatic heterocycles. The Labute approximate surface area is 87.8 Å². The first-order chi connectivity index (χ1) is 7.13. The zero-order chi connectivity index (χ0) is 11.3. The van der Waals surface area contributed by atoms with E-state index in [4.69, 9.17) is 5.11 Å². The van der Waals surface area contributed by atoms with Crippen LogP contribution >= 0.6 is 0 Å². The van der Waals surface area contributed by atoms with Gasteiger partial charge in [-0.3, -0.25) is 10.00 Å². The van der Waals surface area contributed by atoms with Crippen LogP contribution in [-0.2, 0) is 4.74 Å². The predicted molar refractivity (Wildman–Crippen MR) is 54.7 cm³/mol. The lowest BCUT2D eigenvalue weighted by molar-refractivity contribution is 0.131. The van der Waals surface area contributed by atoms with Crippen molar-refractivity contribution in [2.24, 2.45) is 0 Å². The summed E-state index contributed by atoms with van der Waals surface area (Å²) in [6.07, 6.45) is 2.66. The monoisotopic (exact) mass is 213 g/mol. The average Bonchev–Trinajstić information content (AvgIpc) is 2.63. The fraction of sp³-hybridized carbons (Fsp3) is 0.556. The largest absolute Gasteiger partial charge is 0.447 e. The second kappa shape index (κ2) is 5.35. The number of anilines is 1. The minimum Gasteiger partial charge on any atom is -0.447 e. The van der Waals surface area contributed by atoms with Gasteiger partial charge in [0.05, 0.1) is 18.5 Å². The number of amides is 1. The van der Waals surface area contributed by atoms with Crippen molar-refractivity contribution < 1.29 is 14.6 Å². The van der Waals surface area contributed by atoms with Gasteiger partial charge in [-0.25, -0.2) is 4.79 Å². The molecule has 1 aromatic rings. The van der Waals surface area contributed by atoms with Crippen molar-refractivity contribution in [3.63, 3.8) is 0 Å². The van der Waals surface area contributed by atoms with Gasteiger partial charge in [-0.1, -0.05) is 0 Å². The first-order valence-electron chi connectivity index (χ1n) is 4.72. The van der Waals surface area contributed by atoms with E-state index in [0.29, 0.717) is 5.69 Å². The zero-order valence-corrected chi connectivity index (χ0v) is 8.80. The van der Waals surface area contributed by atoms with Gasteiger partial charge in [-0.15, -0.1) is 0 Å². The fourth-order valence-electron chi connectivity index (χ4n) is 0.977. The Kier molecular flexibility index (Phi) is 4.11. The van der Waals surface area contributed by atoms with E-state index >= 15 is 0 Å². The molecule has 0 aliphatic carbocycles. The molecule has 0 aliphatic rings. The average molecular weight is 213 g/mol. The molecule has 0 fully saturated rings. The Morgan fingerprint density at radius 2 is 2.47 bits per heavy atom. The quantitative estimate of drug-likeness (QED) is 0.782. The number of carbonyl (C=O) groups excluding carboxylic acids is 1. The highest BCUT2D eigenvalue weighted by molar-refractivity contribution is 5.84. The van der Waals surface area contributed by atoms with Gasteiger partial charge in [-0.05, 0) is 13.8 Å². The molecule has 0 aromatic carbocycles. The van der Waals surface area contributed by atoms with Gasteiger partial charge in [0, 0.05) is 12.2 Å². The van der Waals surface area contributed by atoms with Gasteiger partial charge in [0.25, 0.3) is 0 Å². The molecule has 6 heteroatoms. The standard InChI is InChI=1S/C9H15N3O3/c1-7(2)12-6-8(5-10-12)11-9(14)15-4-3-13/h5-7,13H,3-4H2,1-2H3,(H,11,14). The van der Waals surface area contributed by atoms with Crippen molar-refractivity contribution in [1.82, 2.24) is 9.78 Å². The number of ether oxygens (including phenoxy) is 1. The summed E-state index contributed by atoms with van der Waals surface area (Å²) in [4.78, 5) is 11.1. The molecule has 1 aromatic heterocycles. The number of aromatic nitrogens is 2. The smallest absolute Gasteiger partial charge is 0.411 e. The molecular formula is C9H15N3O3. The van der Waals surface area contributed by atoms with Crippen molar-refractivity contribution >= 4 is 11.8 Å². The van der Waals surface area contributed by atoms with E-state index in [1.807, 2.05) is 13.8 Å². The van der Waals surface area contributed by atoms with Crippen molar-refractivity contribution in [3.05, 3.63) is 12.4 Å². The van der Waals surface area contributed by atoms with Crippen LogP contribution in [0.4, 0.5) is 10.5 Å². The molecule has 0 saturated heterocycles. The van der Waals surface area contributed by atoms with Crippen LogP contribution in [0.1, 0.15) is 19.9 Å². The van der Waals surface area contributed by atoms with Crippen LogP contribution in [0, 0.1) is 0 Å². The normalized spacial score (nSPS) is 10.4. The Morgan fingerprint density at radius 1 is 1.73 bits per heavy atom. The van der Waals surface area contributed by atoms with Crippen LogP contribution < -0.4 is 5.32 Å². The molecule has 84 valence electrons. The van der Waals surface area contributed by atoms with Crippen molar-refractivity contribution in [2.45, 2.75) is 19.9 Å². The summed E-state index contributed by atoms with van der Waals surface area (Å²) in [7, 11) is 0. The molecule has 1 amide bonds. The Morgan fingerprint density at radius 3 is 3.00 bits per heavy atom. The first-order valence-corrected chi connectivity index (χ1v) is 4.72. The maximum Gasteiger partial charge on any atom is 0.411 e. The number of rotatable bonds is 4. The molecule has 1 heterocycles. The van der Waals surface area contributed by atoms with E-state index in [0.717, 1.165) is 0 Å². The highest BCUT2D eigenvalue weighted by Gasteiger charge is 2.05. The van der Waals surface area contributed by atoms with Crippen LogP contribution in [0.5, 0.6) is 0 Å². The third-order valence-corrected chi connectivity index (χ3v) is 1.70. The molecule has 0 radical (unpaired) electrons. The molecule has 0 bridgehead atoms. The molecule has 0 unspecified atom stereocenters. The van der Waals surface area contributed by atoms with E-state index in [-0.39, 0.29) is 19.3 Å². The number of aliphatic hydroxyl groups is 1. The van der Waals surface area contributed by atoms with E-state index in [1.54, 1.807) is 17.1 Å². The van der Waals surface area contributed by atoms with E-state index < -0.39 is 6.09 Å². The fourth-order valence-corrected chi connectivity index (χ4v) is 0.977. The third-order valence-electron chi connectivity index (χ3n) is 1.70. The lowest BCUT2D eigenvalue weighted by Gasteiger charge is -2.04. The van der Waals surface area contributed by atoms with Gasteiger partial charge >= 0.3 is 6.09 Å². The summed E-state index contributed by atoms with van der Waals surface area (Å²) in [5.41, 5.74) is 0.576. The second-order valence-electron chi connectivity index (χ2n) is 3.29. The summed E-state index contributed by atoms with van der Waals surface area (Å²) in [5, 5.41) is 15.0. The van der Waals surface area contributed by atoms with Crippen molar-refractivity contribution in [2.75, 3.05) is 18.5 Å². The van der Waals surface area contributed by atoms with Gasteiger partial charge < -0.3 is 9.84 Å². The number of nitrogens with one attached hydrogen (secondary N) is 1. The molecule has 0 spiro atoms. The lowest BCUT2D eigenvalue weighted by atomic mass is 10.4. The predicted octanol–water partition coefficient (Wildman–Crippen LogP) is 1.00. The van der Waals surface area contributed by atoms with Crippen LogP contribution in [0.15, 0.2) is 12.4 Å². The third kappa shape index (κ3) is 3.59. The first kappa shape index (κ1) is 11.5. The molecular weight excluding hydrogens is 198 g/mol. The maximum absolute atomic E-state index is 11.1. The highest BCUT2D eigenvalue weighted by Crippen LogP contribution is 2.09. The second-order valence-corrected chi connectivity index (χ2v) is 3.29. The maximum atomic E-state index is 11.1. The number of aliphatic hydroxyl groups excluding tert-OH is 1. The van der Waals surface area contributed by atoms with Crippen molar-refractivity contribution in [3.8, 4) is 0 Å². The highest BCUT2D eigenvalue weighted by atomic mass is 16.6. The van der Waals surface area contributed by atoms with Gasteiger partial charge in [0.2, 0.25) is 0 Å². The molecule has 0 saturated carbocycles. The molecule has 2 N–H and O–H groups in total. The van der Waals surface area contributed by atoms with E-state index in [2.05, 4.69) is 15.2 Å². The van der Waals surface area contributed by atoms with Gasteiger partial charge in [0.1, 0.15) is 6.61 Å². The van der Waals surface area contributed by atoms with Gasteiger partial charge in [0.15, 0.2) is 0 Å². The zero-order valence-electron chi connectivity index (χ0n) is 8.80.